The van der Waals surface area contributed by atoms with E-state index >= 15 is 0 Å². The Morgan fingerprint density at radius 3 is 2.18 bits per heavy atom. The molecule has 56 valence electrons. The maximum atomic E-state index is 10.4. The summed E-state index contributed by atoms with van der Waals surface area (Å²) in [4.78, 5) is 2.61. The molecule has 4 heteroatoms. The van der Waals surface area contributed by atoms with E-state index in [1.54, 1.807) is 6.07 Å². The molecule has 2 N–H and O–H groups in total. The van der Waals surface area contributed by atoms with Crippen molar-refractivity contribution in [3.05, 3.63) is 23.9 Å². The predicted molar refractivity (Wildman–Crippen MR) is 35.3 cm³/mol. The average molecular weight is 274 g/mol. The van der Waals surface area contributed by atoms with Crippen LogP contribution in [-0.2, 0) is 0 Å². The molecule has 0 saturated heterocycles. The normalized spacial score (nSPS) is 7.18. The van der Waals surface area contributed by atoms with E-state index in [4.69, 9.17) is 5.11 Å². The van der Waals surface area contributed by atoms with Gasteiger partial charge < -0.3 is 10.2 Å². The number of nitrogens with one attached hydrogen (secondary N) is 1. The molecule has 0 spiro atoms. The van der Waals surface area contributed by atoms with Crippen LogP contribution in [-0.4, -0.2) is 12.2 Å². The van der Waals surface area contributed by atoms with Crippen LogP contribution in [0.15, 0.2) is 18.2 Å². The van der Waals surface area contributed by atoms with E-state index in [1.807, 2.05) is 13.0 Å². The summed E-state index contributed by atoms with van der Waals surface area (Å²) in [5.74, 6) is -0.0370. The maximum absolute atomic E-state index is 10.4. The van der Waals surface area contributed by atoms with Crippen LogP contribution in [0.4, 0.5) is 0 Å². The van der Waals surface area contributed by atoms with Gasteiger partial charge in [0.05, 0.1) is 0 Å². The largest absolute Gasteiger partial charge is 1.00 e. The molecule has 0 bridgehead atoms. The molecule has 1 rings (SSSR count). The number of aromatic nitrogens is 1. The van der Waals surface area contributed by atoms with Gasteiger partial charge in [0, 0.05) is 20.1 Å². The Hall–Kier alpha value is 0.962. The summed E-state index contributed by atoms with van der Waals surface area (Å²) in [5.41, 5.74) is 0.900. The second-order valence-electron chi connectivity index (χ2n) is 1.70. The number of aromatic amines is 1. The summed E-state index contributed by atoms with van der Waals surface area (Å²) in [6.45, 7) is 1.85. The number of hydrogen-bond acceptors (Lipinski definition) is 2. The average Bonchev–Trinajstić information content (AvgIpc) is 1.91. The molecule has 1 aromatic rings. The first-order chi connectivity index (χ1) is 4.79. The van der Waals surface area contributed by atoms with Crippen LogP contribution < -0.4 is 79.0 Å². The first-order valence-electron chi connectivity index (χ1n) is 2.90. The number of pyridine rings is 1. The van der Waals surface area contributed by atoms with Crippen molar-refractivity contribution < 1.29 is 84.1 Å². The number of aliphatic hydroxyl groups is 1. The Balaban J connectivity index is 0. The Labute approximate surface area is 125 Å². The van der Waals surface area contributed by atoms with Gasteiger partial charge in [0.2, 0.25) is 0 Å². The molecule has 0 amide bonds. The first kappa shape index (κ1) is 14.5. The summed E-state index contributed by atoms with van der Waals surface area (Å²) in [6.07, 6.45) is 0. The van der Waals surface area contributed by atoms with Gasteiger partial charge in [-0.1, -0.05) is 6.07 Å². The zero-order valence-electron chi connectivity index (χ0n) is 7.09. The number of H-pyrrole nitrogens is 1. The minimum atomic E-state index is -0.0370. The van der Waals surface area contributed by atoms with Crippen molar-refractivity contribution in [3.8, 4) is 5.88 Å². The van der Waals surface area contributed by atoms with Crippen LogP contribution >= 0.6 is 0 Å². The van der Waals surface area contributed by atoms with E-state index in [0.29, 0.717) is 0 Å². The van der Waals surface area contributed by atoms with Gasteiger partial charge in [-0.3, -0.25) is 0 Å². The fraction of sp³-hybridized carbons (Fsp3) is 0.286. The van der Waals surface area contributed by atoms with Crippen LogP contribution in [0.25, 0.3) is 0 Å². The molecule has 3 nitrogen and oxygen atoms in total. The molecule has 0 aromatic carbocycles. The minimum Gasteiger partial charge on any atom is -0.823 e. The van der Waals surface area contributed by atoms with Crippen molar-refractivity contribution in [2.75, 3.05) is 7.11 Å². The van der Waals surface area contributed by atoms with Gasteiger partial charge in [-0.15, -0.1) is 0 Å². The summed E-state index contributed by atoms with van der Waals surface area (Å²) < 4.78 is 0. The second kappa shape index (κ2) is 9.05. The fourth-order valence-electron chi connectivity index (χ4n) is 0.558. The van der Waals surface area contributed by atoms with Crippen LogP contribution in [0.1, 0.15) is 5.69 Å². The molecule has 0 aliphatic carbocycles. The van der Waals surface area contributed by atoms with E-state index in [2.05, 4.69) is 4.98 Å². The quantitative estimate of drug-likeness (QED) is 0.533. The summed E-state index contributed by atoms with van der Waals surface area (Å²) in [6, 6.07) is 5.07. The summed E-state index contributed by atoms with van der Waals surface area (Å²) >= 11 is 0. The Kier molecular flexibility index (Phi) is 11.9. The van der Waals surface area contributed by atoms with E-state index in [9.17, 15) is 5.11 Å². The molecule has 0 unspecified atom stereocenters. The number of hydrogen-bond donors (Lipinski definition) is 1. The van der Waals surface area contributed by atoms with Gasteiger partial charge in [-0.25, -0.2) is 4.98 Å². The maximum Gasteiger partial charge on any atom is 1.00 e. The van der Waals surface area contributed by atoms with Crippen molar-refractivity contribution in [1.29, 1.82) is 0 Å². The molecule has 1 aromatic heterocycles. The monoisotopic (exact) mass is 274 g/mol. The molecule has 0 saturated carbocycles. The van der Waals surface area contributed by atoms with E-state index in [0.717, 1.165) is 12.8 Å². The van der Waals surface area contributed by atoms with Crippen LogP contribution in [0.3, 0.4) is 0 Å². The predicted octanol–water partition coefficient (Wildman–Crippen LogP) is -3.50. The summed E-state index contributed by atoms with van der Waals surface area (Å²) in [5, 5.41) is 17.4. The fourth-order valence-corrected chi connectivity index (χ4v) is 0.558. The standard InChI is InChI=1S/C6H7NO.CH4O.Cs/c1-5-3-2-4-6(8)7-5;1-2;/h2-4H,1H3,(H,7,8);2H,1H3;/q;;+1. The SMILES string of the molecule is CO.Cc1cccc([O-])[nH+]1.[Cs+]. The van der Waals surface area contributed by atoms with Gasteiger partial charge in [0.25, 0.3) is 0 Å². The van der Waals surface area contributed by atoms with Gasteiger partial charge in [0.15, 0.2) is 5.69 Å². The smallest absolute Gasteiger partial charge is 0.823 e. The zero-order valence-corrected chi connectivity index (χ0v) is 13.4. The third-order valence-electron chi connectivity index (χ3n) is 0.914. The molecule has 1 heterocycles. The third kappa shape index (κ3) is 7.33. The van der Waals surface area contributed by atoms with Gasteiger partial charge >= 0.3 is 68.9 Å². The Morgan fingerprint density at radius 1 is 1.36 bits per heavy atom. The van der Waals surface area contributed by atoms with Crippen LogP contribution in [0.5, 0.6) is 5.88 Å². The topological polar surface area (TPSA) is 57.4 Å². The van der Waals surface area contributed by atoms with Crippen molar-refractivity contribution in [3.63, 3.8) is 0 Å². The molecule has 0 radical (unpaired) electrons. The molecular formula is C7H11CsNO2+. The zero-order chi connectivity index (χ0) is 7.98. The van der Waals surface area contributed by atoms with E-state index in [1.165, 1.54) is 6.07 Å². The Morgan fingerprint density at radius 2 is 1.91 bits per heavy atom. The summed E-state index contributed by atoms with van der Waals surface area (Å²) in [7, 11) is 1.00. The Bertz CT molecular complexity index is 176. The van der Waals surface area contributed by atoms with Crippen molar-refractivity contribution in [1.82, 2.24) is 0 Å². The van der Waals surface area contributed by atoms with Gasteiger partial charge in [-0.05, 0) is 6.07 Å². The number of aryl methyl sites for hydroxylation is 1. The molecule has 11 heavy (non-hydrogen) atoms. The van der Waals surface area contributed by atoms with Gasteiger partial charge in [0.1, 0.15) is 5.88 Å². The molecule has 0 aliphatic heterocycles. The van der Waals surface area contributed by atoms with E-state index < -0.39 is 0 Å². The molecular weight excluding hydrogens is 263 g/mol. The second-order valence-corrected chi connectivity index (χ2v) is 1.70. The van der Waals surface area contributed by atoms with Crippen molar-refractivity contribution in [2.45, 2.75) is 6.92 Å². The number of rotatable bonds is 0. The van der Waals surface area contributed by atoms with Crippen LogP contribution in [0, 0.1) is 6.92 Å². The van der Waals surface area contributed by atoms with Crippen LogP contribution in [0.2, 0.25) is 0 Å². The minimum absolute atomic E-state index is 0. The number of aliphatic hydroxyl groups excluding tert-OH is 1. The molecule has 0 atom stereocenters. The third-order valence-corrected chi connectivity index (χ3v) is 0.914. The van der Waals surface area contributed by atoms with Crippen molar-refractivity contribution >= 4 is 0 Å². The molecule has 0 fully saturated rings. The first-order valence-corrected chi connectivity index (χ1v) is 2.90. The van der Waals surface area contributed by atoms with Crippen molar-refractivity contribution in [2.24, 2.45) is 0 Å². The van der Waals surface area contributed by atoms with Gasteiger partial charge in [-0.2, -0.15) is 0 Å². The van der Waals surface area contributed by atoms with E-state index in [-0.39, 0.29) is 74.8 Å². The molecule has 0 aliphatic rings.